The van der Waals surface area contributed by atoms with Gasteiger partial charge in [0.2, 0.25) is 0 Å². The number of hydrogen-bond donors (Lipinski definition) is 1. The summed E-state index contributed by atoms with van der Waals surface area (Å²) in [7, 11) is 1.64. The standard InChI is InChI=1S/C24H28ClNO6/c1-13(2)22-16-10-17(24(28)29)23(27)26(14-6-4-7-14)21(16)15-11-18(25)20(12-19(15)32-22)31-9-5-8-30-3/h10-14,22H,4-9H2,1-3H3,(H,28,29). The van der Waals surface area contributed by atoms with E-state index in [9.17, 15) is 14.7 Å². The summed E-state index contributed by atoms with van der Waals surface area (Å²) < 4.78 is 18.9. The Morgan fingerprint density at radius 2 is 2.03 bits per heavy atom. The first-order valence-electron chi connectivity index (χ1n) is 11.0. The zero-order valence-corrected chi connectivity index (χ0v) is 19.3. The lowest BCUT2D eigenvalue weighted by molar-refractivity contribution is 0.0692. The number of carboxylic acids is 1. The predicted molar refractivity (Wildman–Crippen MR) is 121 cm³/mol. The summed E-state index contributed by atoms with van der Waals surface area (Å²) in [6.07, 6.45) is 3.01. The molecule has 1 N–H and O–H groups in total. The summed E-state index contributed by atoms with van der Waals surface area (Å²) in [4.78, 5) is 25.1. The van der Waals surface area contributed by atoms with Crippen molar-refractivity contribution in [3.8, 4) is 22.8 Å². The molecule has 0 saturated heterocycles. The van der Waals surface area contributed by atoms with E-state index in [1.165, 1.54) is 6.07 Å². The zero-order chi connectivity index (χ0) is 23.0. The van der Waals surface area contributed by atoms with Crippen LogP contribution in [0.25, 0.3) is 11.3 Å². The molecule has 0 amide bonds. The van der Waals surface area contributed by atoms with Gasteiger partial charge in [-0.25, -0.2) is 4.79 Å². The van der Waals surface area contributed by atoms with E-state index in [1.807, 2.05) is 13.8 Å². The first-order valence-corrected chi connectivity index (χ1v) is 11.4. The fourth-order valence-corrected chi connectivity index (χ4v) is 4.53. The number of carboxylic acid groups (broad SMARTS) is 1. The van der Waals surface area contributed by atoms with Gasteiger partial charge in [0.25, 0.3) is 5.56 Å². The Bertz CT molecular complexity index is 1090. The van der Waals surface area contributed by atoms with Gasteiger partial charge < -0.3 is 23.9 Å². The predicted octanol–water partition coefficient (Wildman–Crippen LogP) is 5.10. The second kappa shape index (κ2) is 9.16. The van der Waals surface area contributed by atoms with Crippen LogP contribution in [-0.4, -0.2) is 36.0 Å². The number of aromatic nitrogens is 1. The van der Waals surface area contributed by atoms with Crippen molar-refractivity contribution in [2.75, 3.05) is 20.3 Å². The van der Waals surface area contributed by atoms with Gasteiger partial charge in [0.1, 0.15) is 23.2 Å². The van der Waals surface area contributed by atoms with Crippen molar-refractivity contribution in [2.45, 2.75) is 51.7 Å². The molecule has 1 unspecified atom stereocenters. The van der Waals surface area contributed by atoms with Gasteiger partial charge in [-0.05, 0) is 37.3 Å². The van der Waals surface area contributed by atoms with Crippen molar-refractivity contribution in [2.24, 2.45) is 5.92 Å². The third-order valence-corrected chi connectivity index (χ3v) is 6.43. The molecule has 172 valence electrons. The molecular weight excluding hydrogens is 434 g/mol. The van der Waals surface area contributed by atoms with Crippen molar-refractivity contribution in [1.82, 2.24) is 4.57 Å². The minimum absolute atomic E-state index is 0.0296. The van der Waals surface area contributed by atoms with Crippen LogP contribution >= 0.6 is 11.6 Å². The summed E-state index contributed by atoms with van der Waals surface area (Å²) in [5.74, 6) is -0.0836. The molecule has 1 aliphatic carbocycles. The topological polar surface area (TPSA) is 87.0 Å². The van der Waals surface area contributed by atoms with Crippen LogP contribution in [-0.2, 0) is 4.74 Å². The molecule has 1 saturated carbocycles. The van der Waals surface area contributed by atoms with Gasteiger partial charge >= 0.3 is 5.97 Å². The normalized spacial score (nSPS) is 17.3. The Balaban J connectivity index is 1.89. The van der Waals surface area contributed by atoms with Crippen molar-refractivity contribution < 1.29 is 24.1 Å². The second-order valence-corrected chi connectivity index (χ2v) is 9.09. The van der Waals surface area contributed by atoms with E-state index >= 15 is 0 Å². The molecule has 7 nitrogen and oxygen atoms in total. The first kappa shape index (κ1) is 22.7. The molecule has 2 heterocycles. The minimum atomic E-state index is -1.22. The van der Waals surface area contributed by atoms with Gasteiger partial charge in [0, 0.05) is 43.4 Å². The quantitative estimate of drug-likeness (QED) is 0.550. The van der Waals surface area contributed by atoms with Crippen molar-refractivity contribution in [3.63, 3.8) is 0 Å². The minimum Gasteiger partial charge on any atom is -0.492 e. The van der Waals surface area contributed by atoms with Crippen LogP contribution in [0.5, 0.6) is 11.5 Å². The molecule has 8 heteroatoms. The third-order valence-electron chi connectivity index (χ3n) is 6.14. The van der Waals surface area contributed by atoms with Crippen LogP contribution < -0.4 is 15.0 Å². The monoisotopic (exact) mass is 461 g/mol. The molecule has 1 aromatic carbocycles. The Morgan fingerprint density at radius 3 is 2.62 bits per heavy atom. The highest BCUT2D eigenvalue weighted by atomic mass is 35.5. The van der Waals surface area contributed by atoms with E-state index in [4.69, 9.17) is 25.8 Å². The summed E-state index contributed by atoms with van der Waals surface area (Å²) in [5.41, 5.74) is 1.40. The number of methoxy groups -OCH3 is 1. The van der Waals surface area contributed by atoms with Crippen molar-refractivity contribution in [1.29, 1.82) is 0 Å². The largest absolute Gasteiger partial charge is 0.492 e. The Morgan fingerprint density at radius 1 is 1.28 bits per heavy atom. The number of rotatable bonds is 8. The molecule has 1 fully saturated rings. The maximum atomic E-state index is 13.2. The Labute approximate surface area is 191 Å². The lowest BCUT2D eigenvalue weighted by Crippen LogP contribution is -2.36. The average molecular weight is 462 g/mol. The molecule has 1 aromatic heterocycles. The van der Waals surface area contributed by atoms with Crippen LogP contribution in [0.1, 0.15) is 67.6 Å². The van der Waals surface area contributed by atoms with Crippen molar-refractivity contribution in [3.05, 3.63) is 44.7 Å². The van der Waals surface area contributed by atoms with Gasteiger partial charge in [-0.3, -0.25) is 4.79 Å². The lowest BCUT2D eigenvalue weighted by atomic mass is 9.87. The number of halogens is 1. The molecule has 1 atom stereocenters. The number of aromatic carboxylic acids is 1. The van der Waals surface area contributed by atoms with E-state index in [0.29, 0.717) is 46.6 Å². The van der Waals surface area contributed by atoms with Crippen LogP contribution in [0, 0.1) is 5.92 Å². The van der Waals surface area contributed by atoms with E-state index in [0.717, 1.165) is 25.7 Å². The molecule has 32 heavy (non-hydrogen) atoms. The van der Waals surface area contributed by atoms with Gasteiger partial charge in [-0.15, -0.1) is 0 Å². The summed E-state index contributed by atoms with van der Waals surface area (Å²) in [6.45, 7) is 5.06. The number of nitrogens with zero attached hydrogens (tertiary/aromatic N) is 1. The van der Waals surface area contributed by atoms with Gasteiger partial charge in [-0.1, -0.05) is 25.4 Å². The van der Waals surface area contributed by atoms with Gasteiger partial charge in [0.15, 0.2) is 0 Å². The number of benzene rings is 1. The highest BCUT2D eigenvalue weighted by molar-refractivity contribution is 6.32. The van der Waals surface area contributed by atoms with Crippen LogP contribution in [0.3, 0.4) is 0 Å². The van der Waals surface area contributed by atoms with E-state index in [-0.39, 0.29) is 17.5 Å². The molecule has 2 aliphatic rings. The number of ether oxygens (including phenoxy) is 3. The third kappa shape index (κ3) is 3.99. The molecule has 4 rings (SSSR count). The Hall–Kier alpha value is -2.51. The number of fused-ring (bicyclic) bond motifs is 3. The number of hydrogen-bond acceptors (Lipinski definition) is 5. The summed E-state index contributed by atoms with van der Waals surface area (Å²) >= 11 is 6.55. The van der Waals surface area contributed by atoms with E-state index in [2.05, 4.69) is 0 Å². The lowest BCUT2D eigenvalue weighted by Gasteiger charge is -2.37. The number of pyridine rings is 1. The van der Waals surface area contributed by atoms with Crippen LogP contribution in [0.15, 0.2) is 23.0 Å². The first-order chi connectivity index (χ1) is 15.3. The summed E-state index contributed by atoms with van der Waals surface area (Å²) in [5, 5.41) is 10.1. The fraction of sp³-hybridized carbons (Fsp3) is 0.500. The average Bonchev–Trinajstić information content (AvgIpc) is 2.70. The highest BCUT2D eigenvalue weighted by Crippen LogP contribution is 2.49. The smallest absolute Gasteiger partial charge is 0.341 e. The van der Waals surface area contributed by atoms with E-state index < -0.39 is 17.6 Å². The number of carbonyl (C=O) groups is 1. The SMILES string of the molecule is COCCCOc1cc2c(cc1Cl)-c1c(cc(C(=O)O)c(=O)n1C1CCC1)C(C(C)C)O2. The summed E-state index contributed by atoms with van der Waals surface area (Å²) in [6, 6.07) is 4.97. The van der Waals surface area contributed by atoms with Crippen molar-refractivity contribution >= 4 is 17.6 Å². The fourth-order valence-electron chi connectivity index (χ4n) is 4.31. The molecular formula is C24H28ClNO6. The van der Waals surface area contributed by atoms with Gasteiger partial charge in [-0.2, -0.15) is 0 Å². The molecule has 0 radical (unpaired) electrons. The highest BCUT2D eigenvalue weighted by Gasteiger charge is 2.36. The molecule has 1 aliphatic heterocycles. The molecule has 0 bridgehead atoms. The maximum Gasteiger partial charge on any atom is 0.341 e. The zero-order valence-electron chi connectivity index (χ0n) is 18.5. The maximum absolute atomic E-state index is 13.2. The second-order valence-electron chi connectivity index (χ2n) is 8.68. The Kier molecular flexibility index (Phi) is 6.49. The van der Waals surface area contributed by atoms with Crippen LogP contribution in [0.2, 0.25) is 5.02 Å². The van der Waals surface area contributed by atoms with Crippen LogP contribution in [0.4, 0.5) is 0 Å². The molecule has 2 aromatic rings. The van der Waals surface area contributed by atoms with Gasteiger partial charge in [0.05, 0.1) is 17.3 Å². The van der Waals surface area contributed by atoms with E-state index in [1.54, 1.807) is 23.8 Å². The molecule has 0 spiro atoms.